The number of carbonyl (C=O) groups is 1. The molecule has 1 aromatic heterocycles. The highest BCUT2D eigenvalue weighted by atomic mass is 35.5. The number of hydrogen-bond donors (Lipinski definition) is 2. The lowest BCUT2D eigenvalue weighted by Gasteiger charge is -2.07. The first-order valence-corrected chi connectivity index (χ1v) is 7.24. The maximum absolute atomic E-state index is 12.1. The fourth-order valence-corrected chi connectivity index (χ4v) is 2.21. The Morgan fingerprint density at radius 3 is 2.86 bits per heavy atom. The zero-order chi connectivity index (χ0) is 15.2. The average Bonchev–Trinajstić information content (AvgIpc) is 2.89. The standard InChI is InChI=1S/C14H18ClN5O.ClH/c1-2-4-12-13(14(21)17-8-7-16)18-19-20(12)11-6-3-5-10(15)9-11;/h3,5-6,9H,2,4,7-8,16H2,1H3,(H,17,21);1H. The molecule has 2 aromatic rings. The molecule has 2 rings (SSSR count). The molecule has 1 amide bonds. The van der Waals surface area contributed by atoms with Crippen molar-refractivity contribution in [3.8, 4) is 5.69 Å². The summed E-state index contributed by atoms with van der Waals surface area (Å²) in [6, 6.07) is 7.29. The van der Waals surface area contributed by atoms with Gasteiger partial charge >= 0.3 is 0 Å². The summed E-state index contributed by atoms with van der Waals surface area (Å²) in [5.41, 5.74) is 7.29. The van der Waals surface area contributed by atoms with Crippen LogP contribution < -0.4 is 11.1 Å². The second kappa shape index (κ2) is 8.73. The molecule has 6 nitrogen and oxygen atoms in total. The van der Waals surface area contributed by atoms with Crippen molar-refractivity contribution >= 4 is 29.9 Å². The van der Waals surface area contributed by atoms with Crippen LogP contribution in [0.2, 0.25) is 5.02 Å². The maximum Gasteiger partial charge on any atom is 0.273 e. The second-order valence-electron chi connectivity index (χ2n) is 4.57. The van der Waals surface area contributed by atoms with Gasteiger partial charge in [0.25, 0.3) is 5.91 Å². The Bertz CT molecular complexity index is 629. The van der Waals surface area contributed by atoms with Crippen LogP contribution in [0.4, 0.5) is 0 Å². The van der Waals surface area contributed by atoms with Crippen molar-refractivity contribution in [2.45, 2.75) is 19.8 Å². The van der Waals surface area contributed by atoms with E-state index >= 15 is 0 Å². The van der Waals surface area contributed by atoms with Gasteiger partial charge in [-0.25, -0.2) is 4.68 Å². The predicted molar refractivity (Wildman–Crippen MR) is 89.0 cm³/mol. The van der Waals surface area contributed by atoms with Crippen molar-refractivity contribution in [1.29, 1.82) is 0 Å². The topological polar surface area (TPSA) is 85.8 Å². The monoisotopic (exact) mass is 343 g/mol. The van der Waals surface area contributed by atoms with Gasteiger partial charge in [-0.3, -0.25) is 4.79 Å². The summed E-state index contributed by atoms with van der Waals surface area (Å²) in [6.07, 6.45) is 1.58. The minimum absolute atomic E-state index is 0. The van der Waals surface area contributed by atoms with E-state index in [1.807, 2.05) is 19.1 Å². The van der Waals surface area contributed by atoms with Crippen molar-refractivity contribution < 1.29 is 4.79 Å². The van der Waals surface area contributed by atoms with Crippen LogP contribution in [0.3, 0.4) is 0 Å². The molecule has 0 atom stereocenters. The quantitative estimate of drug-likeness (QED) is 0.839. The molecule has 22 heavy (non-hydrogen) atoms. The third kappa shape index (κ3) is 4.19. The molecular formula is C14H19Cl2N5O. The molecule has 0 fully saturated rings. The normalized spacial score (nSPS) is 10.1. The number of nitrogens with zero attached hydrogens (tertiary/aromatic N) is 3. The number of aromatic nitrogens is 3. The number of carbonyl (C=O) groups excluding carboxylic acids is 1. The van der Waals surface area contributed by atoms with Gasteiger partial charge in [0.1, 0.15) is 0 Å². The summed E-state index contributed by atoms with van der Waals surface area (Å²) in [4.78, 5) is 12.1. The minimum atomic E-state index is -0.253. The summed E-state index contributed by atoms with van der Waals surface area (Å²) in [5.74, 6) is -0.253. The van der Waals surface area contributed by atoms with Gasteiger partial charge in [-0.05, 0) is 24.6 Å². The van der Waals surface area contributed by atoms with E-state index in [0.717, 1.165) is 17.8 Å². The van der Waals surface area contributed by atoms with Crippen LogP contribution in [-0.4, -0.2) is 34.0 Å². The first-order chi connectivity index (χ1) is 10.2. The minimum Gasteiger partial charge on any atom is -0.349 e. The fourth-order valence-electron chi connectivity index (χ4n) is 2.02. The van der Waals surface area contributed by atoms with E-state index in [-0.39, 0.29) is 18.3 Å². The molecule has 3 N–H and O–H groups in total. The molecule has 0 saturated carbocycles. The zero-order valence-corrected chi connectivity index (χ0v) is 13.8. The van der Waals surface area contributed by atoms with Gasteiger partial charge in [-0.2, -0.15) is 0 Å². The largest absolute Gasteiger partial charge is 0.349 e. The van der Waals surface area contributed by atoms with Crippen molar-refractivity contribution in [3.05, 3.63) is 40.7 Å². The first-order valence-electron chi connectivity index (χ1n) is 6.86. The van der Waals surface area contributed by atoms with Gasteiger partial charge in [-0.15, -0.1) is 17.5 Å². The molecule has 120 valence electrons. The van der Waals surface area contributed by atoms with E-state index < -0.39 is 0 Å². The molecular weight excluding hydrogens is 325 g/mol. The third-order valence-corrected chi connectivity index (χ3v) is 3.18. The number of nitrogens with two attached hydrogens (primary N) is 1. The molecule has 0 bridgehead atoms. The van der Waals surface area contributed by atoms with Gasteiger partial charge in [0.2, 0.25) is 0 Å². The van der Waals surface area contributed by atoms with Gasteiger partial charge < -0.3 is 11.1 Å². The number of rotatable bonds is 6. The molecule has 1 aromatic carbocycles. The Morgan fingerprint density at radius 1 is 1.45 bits per heavy atom. The molecule has 8 heteroatoms. The van der Waals surface area contributed by atoms with Crippen molar-refractivity contribution in [2.75, 3.05) is 13.1 Å². The van der Waals surface area contributed by atoms with Crippen molar-refractivity contribution in [2.24, 2.45) is 5.73 Å². The van der Waals surface area contributed by atoms with Gasteiger partial charge in [0.05, 0.1) is 11.4 Å². The Hall–Kier alpha value is -1.63. The molecule has 0 aliphatic heterocycles. The molecule has 0 spiro atoms. The van der Waals surface area contributed by atoms with Crippen LogP contribution in [-0.2, 0) is 6.42 Å². The van der Waals surface area contributed by atoms with Gasteiger partial charge in [-0.1, -0.05) is 36.2 Å². The lowest BCUT2D eigenvalue weighted by atomic mass is 10.2. The SMILES string of the molecule is CCCc1c(C(=O)NCCN)nnn1-c1cccc(Cl)c1.Cl. The summed E-state index contributed by atoms with van der Waals surface area (Å²) in [6.45, 7) is 2.84. The lowest BCUT2D eigenvalue weighted by Crippen LogP contribution is -2.30. The fraction of sp³-hybridized carbons (Fsp3) is 0.357. The van der Waals surface area contributed by atoms with Crippen LogP contribution in [0.25, 0.3) is 5.69 Å². The average molecular weight is 344 g/mol. The third-order valence-electron chi connectivity index (χ3n) is 2.95. The van der Waals surface area contributed by atoms with E-state index in [2.05, 4.69) is 15.6 Å². The maximum atomic E-state index is 12.1. The molecule has 0 aliphatic rings. The highest BCUT2D eigenvalue weighted by molar-refractivity contribution is 6.30. The van der Waals surface area contributed by atoms with E-state index in [1.54, 1.807) is 16.8 Å². The second-order valence-corrected chi connectivity index (χ2v) is 5.01. The Balaban J connectivity index is 0.00000242. The van der Waals surface area contributed by atoms with E-state index in [9.17, 15) is 4.79 Å². The van der Waals surface area contributed by atoms with E-state index in [1.165, 1.54) is 0 Å². The number of benzene rings is 1. The van der Waals surface area contributed by atoms with Crippen LogP contribution in [0.1, 0.15) is 29.5 Å². The van der Waals surface area contributed by atoms with Crippen molar-refractivity contribution in [1.82, 2.24) is 20.3 Å². The van der Waals surface area contributed by atoms with Crippen LogP contribution in [0.15, 0.2) is 24.3 Å². The van der Waals surface area contributed by atoms with E-state index in [4.69, 9.17) is 17.3 Å². The van der Waals surface area contributed by atoms with Crippen molar-refractivity contribution in [3.63, 3.8) is 0 Å². The lowest BCUT2D eigenvalue weighted by molar-refractivity contribution is 0.0948. The number of nitrogens with one attached hydrogen (secondary N) is 1. The molecule has 0 saturated heterocycles. The first kappa shape index (κ1) is 18.4. The number of hydrogen-bond acceptors (Lipinski definition) is 4. The Kier molecular flexibility index (Phi) is 7.31. The van der Waals surface area contributed by atoms with Crippen LogP contribution >= 0.6 is 24.0 Å². The highest BCUT2D eigenvalue weighted by Crippen LogP contribution is 2.18. The Morgan fingerprint density at radius 2 is 2.23 bits per heavy atom. The summed E-state index contributed by atoms with van der Waals surface area (Å²) in [7, 11) is 0. The molecule has 0 radical (unpaired) electrons. The molecule has 1 heterocycles. The predicted octanol–water partition coefficient (Wildman–Crippen LogP) is 1.98. The van der Waals surface area contributed by atoms with Crippen LogP contribution in [0, 0.1) is 0 Å². The van der Waals surface area contributed by atoms with Gasteiger partial charge in [0, 0.05) is 18.1 Å². The molecule has 0 unspecified atom stereocenters. The smallest absolute Gasteiger partial charge is 0.273 e. The zero-order valence-electron chi connectivity index (χ0n) is 12.3. The van der Waals surface area contributed by atoms with Gasteiger partial charge in [0.15, 0.2) is 5.69 Å². The Labute approximate surface area is 140 Å². The van der Waals surface area contributed by atoms with Crippen LogP contribution in [0.5, 0.6) is 0 Å². The molecule has 0 aliphatic carbocycles. The summed E-state index contributed by atoms with van der Waals surface area (Å²) >= 11 is 6.01. The summed E-state index contributed by atoms with van der Waals surface area (Å²) in [5, 5.41) is 11.4. The number of halogens is 2. The summed E-state index contributed by atoms with van der Waals surface area (Å²) < 4.78 is 1.66. The highest BCUT2D eigenvalue weighted by Gasteiger charge is 2.19. The van der Waals surface area contributed by atoms with E-state index in [0.29, 0.717) is 30.2 Å². The number of amides is 1.